The van der Waals surface area contributed by atoms with Crippen molar-refractivity contribution in [3.05, 3.63) is 69.8 Å². The van der Waals surface area contributed by atoms with E-state index in [4.69, 9.17) is 4.74 Å². The Morgan fingerprint density at radius 2 is 1.77 bits per heavy atom. The molecule has 0 fully saturated rings. The van der Waals surface area contributed by atoms with Gasteiger partial charge in [-0.1, -0.05) is 30.3 Å². The number of fused-ring (bicyclic) bond motifs is 1. The Kier molecular flexibility index (Phi) is 7.06. The maximum Gasteiger partial charge on any atom is 0.411 e. The summed E-state index contributed by atoms with van der Waals surface area (Å²) in [6, 6.07) is 11.4. The number of hydrogen-bond acceptors (Lipinski definition) is 4. The van der Waals surface area contributed by atoms with Crippen molar-refractivity contribution >= 4 is 27.3 Å². The topological polar surface area (TPSA) is 47.6 Å². The van der Waals surface area contributed by atoms with E-state index in [1.54, 1.807) is 36.4 Å². The largest absolute Gasteiger partial charge is 0.411 e. The van der Waals surface area contributed by atoms with Crippen LogP contribution in [0.5, 0.6) is 0 Å². The van der Waals surface area contributed by atoms with Gasteiger partial charge >= 0.3 is 6.18 Å². The van der Waals surface area contributed by atoms with Gasteiger partial charge < -0.3 is 14.8 Å². The molecule has 0 unspecified atom stereocenters. The molecule has 0 aliphatic heterocycles. The molecular formula is C21H19F4NO3S. The Morgan fingerprint density at radius 3 is 2.43 bits per heavy atom. The molecule has 4 nitrogen and oxygen atoms in total. The molecule has 0 bridgehead atoms. The minimum Gasteiger partial charge on any atom is -0.380 e. The Labute approximate surface area is 174 Å². The average Bonchev–Trinajstić information content (AvgIpc) is 3.06. The molecule has 30 heavy (non-hydrogen) atoms. The van der Waals surface area contributed by atoms with Crippen molar-refractivity contribution in [2.24, 2.45) is 0 Å². The van der Waals surface area contributed by atoms with E-state index in [0.29, 0.717) is 26.1 Å². The maximum absolute atomic E-state index is 14.2. The zero-order chi connectivity index (χ0) is 21.7. The van der Waals surface area contributed by atoms with Gasteiger partial charge in [-0.15, -0.1) is 11.3 Å². The van der Waals surface area contributed by atoms with Gasteiger partial charge in [-0.05, 0) is 23.3 Å². The summed E-state index contributed by atoms with van der Waals surface area (Å²) in [7, 11) is 1.48. The first-order chi connectivity index (χ1) is 14.3. The second-order valence-electron chi connectivity index (χ2n) is 6.56. The van der Waals surface area contributed by atoms with Crippen molar-refractivity contribution in [2.75, 3.05) is 13.7 Å². The van der Waals surface area contributed by atoms with Gasteiger partial charge in [0.25, 0.3) is 5.91 Å². The van der Waals surface area contributed by atoms with E-state index in [0.717, 1.165) is 5.56 Å². The van der Waals surface area contributed by atoms with E-state index >= 15 is 0 Å². The average molecular weight is 441 g/mol. The molecular weight excluding hydrogens is 422 g/mol. The minimum atomic E-state index is -4.36. The molecule has 1 amide bonds. The summed E-state index contributed by atoms with van der Waals surface area (Å²) in [4.78, 5) is 13.1. The molecule has 0 aliphatic rings. The number of thiophene rings is 1. The minimum absolute atomic E-state index is 0.107. The van der Waals surface area contributed by atoms with E-state index in [2.05, 4.69) is 10.1 Å². The van der Waals surface area contributed by atoms with Crippen LogP contribution in [0.25, 0.3) is 10.1 Å². The lowest BCUT2D eigenvalue weighted by atomic mass is 10.1. The van der Waals surface area contributed by atoms with Crippen LogP contribution >= 0.6 is 11.3 Å². The molecule has 0 radical (unpaired) electrons. The number of rotatable bonds is 8. The molecule has 3 rings (SSSR count). The Morgan fingerprint density at radius 1 is 1.07 bits per heavy atom. The molecule has 0 saturated carbocycles. The number of halogens is 4. The Hall–Kier alpha value is -2.49. The van der Waals surface area contributed by atoms with Crippen LogP contribution in [0.3, 0.4) is 0 Å². The first-order valence-electron chi connectivity index (χ1n) is 8.98. The number of carbonyl (C=O) groups is 1. The highest BCUT2D eigenvalue weighted by atomic mass is 32.1. The van der Waals surface area contributed by atoms with Crippen LogP contribution in [-0.2, 0) is 29.2 Å². The highest BCUT2D eigenvalue weighted by Gasteiger charge is 2.27. The summed E-state index contributed by atoms with van der Waals surface area (Å²) >= 11 is 1.19. The number of ether oxygens (including phenoxy) is 2. The van der Waals surface area contributed by atoms with E-state index in [9.17, 15) is 22.4 Å². The van der Waals surface area contributed by atoms with E-state index in [1.165, 1.54) is 24.5 Å². The summed E-state index contributed by atoms with van der Waals surface area (Å²) in [6.07, 6.45) is -4.36. The summed E-state index contributed by atoms with van der Waals surface area (Å²) in [5.74, 6) is -0.751. The SMILES string of the molecule is COCc1c(C(=O)NCc2ccc(COCC(F)(F)F)cc2)sc2cccc(F)c12. The van der Waals surface area contributed by atoms with Crippen LogP contribution in [0, 0.1) is 5.82 Å². The van der Waals surface area contributed by atoms with Gasteiger partial charge in [0.15, 0.2) is 0 Å². The monoisotopic (exact) mass is 441 g/mol. The van der Waals surface area contributed by atoms with Gasteiger partial charge in [0, 0.05) is 29.3 Å². The fourth-order valence-electron chi connectivity index (χ4n) is 2.93. The lowest BCUT2D eigenvalue weighted by Gasteiger charge is -2.09. The van der Waals surface area contributed by atoms with E-state index < -0.39 is 18.6 Å². The maximum atomic E-state index is 14.2. The van der Waals surface area contributed by atoms with Crippen molar-refractivity contribution in [3.8, 4) is 0 Å². The number of hydrogen-bond donors (Lipinski definition) is 1. The quantitative estimate of drug-likeness (QED) is 0.489. The first-order valence-corrected chi connectivity index (χ1v) is 9.79. The third kappa shape index (κ3) is 5.56. The first kappa shape index (κ1) is 22.2. The third-order valence-corrected chi connectivity index (χ3v) is 5.46. The number of carbonyl (C=O) groups excluding carboxylic acids is 1. The fourth-order valence-corrected chi connectivity index (χ4v) is 4.07. The fraction of sp³-hybridized carbons (Fsp3) is 0.286. The number of amides is 1. The predicted octanol–water partition coefficient (Wildman–Crippen LogP) is 5.20. The molecule has 9 heteroatoms. The number of methoxy groups -OCH3 is 1. The van der Waals surface area contributed by atoms with E-state index in [1.807, 2.05) is 0 Å². The molecule has 1 N–H and O–H groups in total. The molecule has 0 spiro atoms. The van der Waals surface area contributed by atoms with Gasteiger partial charge in [-0.25, -0.2) is 4.39 Å². The van der Waals surface area contributed by atoms with E-state index in [-0.39, 0.29) is 25.7 Å². The van der Waals surface area contributed by atoms with Gasteiger partial charge in [-0.2, -0.15) is 13.2 Å². The predicted molar refractivity (Wildman–Crippen MR) is 106 cm³/mol. The highest BCUT2D eigenvalue weighted by molar-refractivity contribution is 7.21. The van der Waals surface area contributed by atoms with Crippen LogP contribution in [0.4, 0.5) is 17.6 Å². The number of nitrogens with one attached hydrogen (secondary N) is 1. The molecule has 1 aromatic heterocycles. The van der Waals surface area contributed by atoms with Crippen molar-refractivity contribution in [1.82, 2.24) is 5.32 Å². The lowest BCUT2D eigenvalue weighted by Crippen LogP contribution is -2.23. The smallest absolute Gasteiger partial charge is 0.380 e. The second-order valence-corrected chi connectivity index (χ2v) is 7.62. The standard InChI is InChI=1S/C21H19F4NO3S/c1-28-11-15-18-16(22)3-2-4-17(18)30-19(15)20(27)26-9-13-5-7-14(8-6-13)10-29-12-21(23,24)25/h2-8H,9-12H2,1H3,(H,26,27). The number of benzene rings is 2. The summed E-state index contributed by atoms with van der Waals surface area (Å²) in [5.41, 5.74) is 1.87. The molecule has 3 aromatic rings. The zero-order valence-corrected chi connectivity index (χ0v) is 16.8. The summed E-state index contributed by atoms with van der Waals surface area (Å²) in [6.45, 7) is -1.13. The molecule has 0 atom stereocenters. The van der Waals surface area contributed by atoms with Crippen LogP contribution in [-0.4, -0.2) is 25.8 Å². The van der Waals surface area contributed by atoms with Gasteiger partial charge in [0.1, 0.15) is 12.4 Å². The van der Waals surface area contributed by atoms with Crippen LogP contribution in [0.15, 0.2) is 42.5 Å². The number of alkyl halides is 3. The second kappa shape index (κ2) is 9.55. The Balaban J connectivity index is 1.64. The summed E-state index contributed by atoms with van der Waals surface area (Å²) < 4.78 is 61.0. The van der Waals surface area contributed by atoms with Crippen molar-refractivity contribution in [2.45, 2.75) is 25.9 Å². The van der Waals surface area contributed by atoms with Gasteiger partial charge in [-0.3, -0.25) is 4.79 Å². The Bertz CT molecular complexity index is 1020. The normalized spacial score (nSPS) is 11.8. The van der Waals surface area contributed by atoms with Crippen LogP contribution in [0.1, 0.15) is 26.4 Å². The van der Waals surface area contributed by atoms with Gasteiger partial charge in [0.05, 0.1) is 18.1 Å². The zero-order valence-electron chi connectivity index (χ0n) is 16.0. The van der Waals surface area contributed by atoms with Crippen molar-refractivity contribution < 1.29 is 31.8 Å². The molecule has 2 aromatic carbocycles. The molecule has 1 heterocycles. The van der Waals surface area contributed by atoms with Crippen LogP contribution < -0.4 is 5.32 Å². The van der Waals surface area contributed by atoms with Crippen molar-refractivity contribution in [1.29, 1.82) is 0 Å². The van der Waals surface area contributed by atoms with Crippen LogP contribution in [0.2, 0.25) is 0 Å². The van der Waals surface area contributed by atoms with Crippen molar-refractivity contribution in [3.63, 3.8) is 0 Å². The highest BCUT2D eigenvalue weighted by Crippen LogP contribution is 2.33. The molecule has 0 aliphatic carbocycles. The lowest BCUT2D eigenvalue weighted by molar-refractivity contribution is -0.176. The van der Waals surface area contributed by atoms with Gasteiger partial charge in [0.2, 0.25) is 0 Å². The summed E-state index contributed by atoms with van der Waals surface area (Å²) in [5, 5.41) is 3.18. The molecule has 160 valence electrons. The molecule has 0 saturated heterocycles. The third-order valence-electron chi connectivity index (χ3n) is 4.27.